The van der Waals surface area contributed by atoms with Gasteiger partial charge in [0, 0.05) is 6.42 Å². The van der Waals surface area contributed by atoms with E-state index in [-0.39, 0.29) is 5.75 Å². The van der Waals surface area contributed by atoms with Gasteiger partial charge in [0.05, 0.1) is 0 Å². The Kier molecular flexibility index (Phi) is 3.33. The van der Waals surface area contributed by atoms with Crippen molar-refractivity contribution in [2.24, 2.45) is 0 Å². The van der Waals surface area contributed by atoms with Crippen LogP contribution < -0.4 is 0 Å². The Balaban J connectivity index is 2.42. The van der Waals surface area contributed by atoms with Gasteiger partial charge < -0.3 is 9.90 Å². The van der Waals surface area contributed by atoms with Gasteiger partial charge in [0.2, 0.25) is 0 Å². The Morgan fingerprint density at radius 1 is 1.25 bits per heavy atom. The van der Waals surface area contributed by atoms with Crippen molar-refractivity contribution in [2.75, 3.05) is 0 Å². The second kappa shape index (κ2) is 4.54. The molecule has 0 fully saturated rings. The maximum Gasteiger partial charge on any atom is 0.120 e. The van der Waals surface area contributed by atoms with Crippen LogP contribution in [-0.2, 0) is 11.2 Å². The summed E-state index contributed by atoms with van der Waals surface area (Å²) in [5, 5.41) is 8.97. The molecule has 2 heteroatoms. The van der Waals surface area contributed by atoms with Crippen LogP contribution in [0, 0.1) is 0 Å². The average Bonchev–Trinajstić information content (AvgIpc) is 2.09. The summed E-state index contributed by atoms with van der Waals surface area (Å²) >= 11 is 0. The molecule has 0 radical (unpaired) electrons. The van der Waals surface area contributed by atoms with Crippen molar-refractivity contribution in [3.63, 3.8) is 0 Å². The molecule has 2 nitrogen and oxygen atoms in total. The maximum absolute atomic E-state index is 10.0. The number of aryl methyl sites for hydroxylation is 1. The van der Waals surface area contributed by atoms with Gasteiger partial charge in [-0.05, 0) is 30.5 Å². The molecule has 64 valence electrons. The molecule has 0 bridgehead atoms. The number of carbonyl (C=O) groups is 1. The largest absolute Gasteiger partial charge is 0.508 e. The zero-order valence-corrected chi connectivity index (χ0v) is 6.86. The van der Waals surface area contributed by atoms with Crippen LogP contribution in [0.4, 0.5) is 0 Å². The van der Waals surface area contributed by atoms with Crippen LogP contribution in [0.2, 0.25) is 0 Å². The molecule has 0 atom stereocenters. The first-order valence-corrected chi connectivity index (χ1v) is 4.04. The van der Waals surface area contributed by atoms with Crippen LogP contribution in [-0.4, -0.2) is 11.4 Å². The highest BCUT2D eigenvalue weighted by Crippen LogP contribution is 2.11. The number of aldehydes is 1. The molecule has 1 aromatic rings. The predicted molar refractivity (Wildman–Crippen MR) is 47.1 cm³/mol. The van der Waals surface area contributed by atoms with Gasteiger partial charge in [-0.15, -0.1) is 0 Å². The molecule has 0 saturated heterocycles. The van der Waals surface area contributed by atoms with Gasteiger partial charge in [0.1, 0.15) is 12.0 Å². The van der Waals surface area contributed by atoms with Gasteiger partial charge in [-0.3, -0.25) is 0 Å². The number of hydrogen-bond donors (Lipinski definition) is 1. The molecule has 1 aromatic carbocycles. The average molecular weight is 164 g/mol. The van der Waals surface area contributed by atoms with Crippen molar-refractivity contribution in [3.8, 4) is 5.75 Å². The Morgan fingerprint density at radius 2 is 1.92 bits per heavy atom. The third-order valence-electron chi connectivity index (χ3n) is 1.72. The summed E-state index contributed by atoms with van der Waals surface area (Å²) in [5.41, 5.74) is 1.16. The van der Waals surface area contributed by atoms with E-state index in [4.69, 9.17) is 5.11 Å². The molecule has 0 unspecified atom stereocenters. The molecular formula is C10H12O2. The molecule has 0 aliphatic heterocycles. The van der Waals surface area contributed by atoms with Crippen molar-refractivity contribution in [3.05, 3.63) is 29.8 Å². The monoisotopic (exact) mass is 164 g/mol. The van der Waals surface area contributed by atoms with Crippen LogP contribution in [0.3, 0.4) is 0 Å². The molecule has 0 aliphatic carbocycles. The van der Waals surface area contributed by atoms with E-state index < -0.39 is 0 Å². The third-order valence-corrected chi connectivity index (χ3v) is 1.72. The highest BCUT2D eigenvalue weighted by Gasteiger charge is 1.92. The van der Waals surface area contributed by atoms with Crippen LogP contribution in [0.5, 0.6) is 5.75 Å². The second-order valence-electron chi connectivity index (χ2n) is 2.73. The van der Waals surface area contributed by atoms with Crippen LogP contribution in [0.1, 0.15) is 18.4 Å². The van der Waals surface area contributed by atoms with Gasteiger partial charge in [-0.25, -0.2) is 0 Å². The minimum Gasteiger partial charge on any atom is -0.508 e. The number of aromatic hydroxyl groups is 1. The smallest absolute Gasteiger partial charge is 0.120 e. The van der Waals surface area contributed by atoms with E-state index in [1.165, 1.54) is 0 Å². The van der Waals surface area contributed by atoms with Crippen molar-refractivity contribution >= 4 is 6.29 Å². The van der Waals surface area contributed by atoms with Gasteiger partial charge in [0.25, 0.3) is 0 Å². The van der Waals surface area contributed by atoms with Gasteiger partial charge >= 0.3 is 0 Å². The van der Waals surface area contributed by atoms with Crippen molar-refractivity contribution in [1.82, 2.24) is 0 Å². The zero-order valence-electron chi connectivity index (χ0n) is 6.86. The summed E-state index contributed by atoms with van der Waals surface area (Å²) in [6, 6.07) is 7.08. The highest BCUT2D eigenvalue weighted by molar-refractivity contribution is 5.49. The molecular weight excluding hydrogens is 152 g/mol. The second-order valence-corrected chi connectivity index (χ2v) is 2.73. The maximum atomic E-state index is 10.0. The van der Waals surface area contributed by atoms with E-state index in [0.717, 1.165) is 24.7 Å². The molecule has 1 rings (SSSR count). The Morgan fingerprint density at radius 3 is 2.50 bits per heavy atom. The Hall–Kier alpha value is -1.31. The first-order chi connectivity index (χ1) is 5.83. The lowest BCUT2D eigenvalue weighted by molar-refractivity contribution is -0.107. The van der Waals surface area contributed by atoms with Crippen LogP contribution in [0.25, 0.3) is 0 Å². The van der Waals surface area contributed by atoms with E-state index in [0.29, 0.717) is 6.42 Å². The van der Waals surface area contributed by atoms with Gasteiger partial charge in [-0.2, -0.15) is 0 Å². The first kappa shape index (κ1) is 8.78. The van der Waals surface area contributed by atoms with E-state index in [2.05, 4.69) is 0 Å². The van der Waals surface area contributed by atoms with Crippen molar-refractivity contribution in [1.29, 1.82) is 0 Å². The highest BCUT2D eigenvalue weighted by atomic mass is 16.3. The minimum atomic E-state index is 0.286. The first-order valence-electron chi connectivity index (χ1n) is 4.04. The normalized spacial score (nSPS) is 9.67. The summed E-state index contributed by atoms with van der Waals surface area (Å²) in [6.45, 7) is 0. The molecule has 0 amide bonds. The van der Waals surface area contributed by atoms with E-state index in [1.807, 2.05) is 12.1 Å². The lowest BCUT2D eigenvalue weighted by atomic mass is 10.1. The number of phenols is 1. The summed E-state index contributed by atoms with van der Waals surface area (Å²) < 4.78 is 0. The number of benzene rings is 1. The van der Waals surface area contributed by atoms with Crippen molar-refractivity contribution < 1.29 is 9.90 Å². The fourth-order valence-electron chi connectivity index (χ4n) is 1.05. The molecule has 0 aliphatic rings. The van der Waals surface area contributed by atoms with Crippen LogP contribution >= 0.6 is 0 Å². The standard InChI is InChI=1S/C10H12O2/c11-8-2-1-3-9-4-6-10(12)7-5-9/h4-8,12H,1-3H2. The van der Waals surface area contributed by atoms with E-state index >= 15 is 0 Å². The van der Waals surface area contributed by atoms with Crippen LogP contribution in [0.15, 0.2) is 24.3 Å². The number of unbranched alkanes of at least 4 members (excludes halogenated alkanes) is 1. The quantitative estimate of drug-likeness (QED) is 0.545. The lowest BCUT2D eigenvalue weighted by Gasteiger charge is -1.98. The molecule has 0 aromatic heterocycles. The summed E-state index contributed by atoms with van der Waals surface area (Å²) in [7, 11) is 0. The molecule has 0 heterocycles. The number of rotatable bonds is 4. The molecule has 0 spiro atoms. The Bertz CT molecular complexity index is 239. The number of phenolic OH excluding ortho intramolecular Hbond substituents is 1. The Labute approximate surface area is 71.8 Å². The minimum absolute atomic E-state index is 0.286. The molecule has 1 N–H and O–H groups in total. The summed E-state index contributed by atoms with van der Waals surface area (Å²) in [5.74, 6) is 0.286. The lowest BCUT2D eigenvalue weighted by Crippen LogP contribution is -1.84. The molecule has 12 heavy (non-hydrogen) atoms. The van der Waals surface area contributed by atoms with E-state index in [1.54, 1.807) is 12.1 Å². The van der Waals surface area contributed by atoms with Gasteiger partial charge in [0.15, 0.2) is 0 Å². The number of hydrogen-bond acceptors (Lipinski definition) is 2. The van der Waals surface area contributed by atoms with Gasteiger partial charge in [-0.1, -0.05) is 12.1 Å². The fourth-order valence-corrected chi connectivity index (χ4v) is 1.05. The molecule has 0 saturated carbocycles. The summed E-state index contributed by atoms with van der Waals surface area (Å²) in [4.78, 5) is 10.0. The van der Waals surface area contributed by atoms with E-state index in [9.17, 15) is 4.79 Å². The van der Waals surface area contributed by atoms with Crippen molar-refractivity contribution in [2.45, 2.75) is 19.3 Å². The number of carbonyl (C=O) groups excluding carboxylic acids is 1. The predicted octanol–water partition coefficient (Wildman–Crippen LogP) is 1.91. The SMILES string of the molecule is O=CCCCc1ccc(O)cc1. The summed E-state index contributed by atoms with van der Waals surface area (Å²) in [6.07, 6.45) is 3.33. The zero-order chi connectivity index (χ0) is 8.81. The topological polar surface area (TPSA) is 37.3 Å². The third kappa shape index (κ3) is 2.74. The fraction of sp³-hybridized carbons (Fsp3) is 0.300.